The van der Waals surface area contributed by atoms with Gasteiger partial charge < -0.3 is 4.74 Å². The zero-order valence-corrected chi connectivity index (χ0v) is 19.3. The standard InChI is InChI=1S/C28H40F2O/c1-3-16-31-26-15-14-25(27(29)28(26)30)24-13-12-22-17-21(10-11-23(22)18-24)9-8-20-6-4-19(2)5-7-20/h3,14-15,19-24H,1,4-13,16-18H2,2H3. The van der Waals surface area contributed by atoms with E-state index in [1.807, 2.05) is 0 Å². The molecule has 0 radical (unpaired) electrons. The molecule has 0 aromatic heterocycles. The third-order valence-corrected chi connectivity index (χ3v) is 8.71. The summed E-state index contributed by atoms with van der Waals surface area (Å²) in [6, 6.07) is 3.34. The van der Waals surface area contributed by atoms with Crippen LogP contribution in [0.1, 0.15) is 95.5 Å². The fourth-order valence-corrected chi connectivity index (χ4v) is 6.74. The second-order valence-corrected chi connectivity index (χ2v) is 10.8. The van der Waals surface area contributed by atoms with E-state index in [0.29, 0.717) is 11.5 Å². The highest BCUT2D eigenvalue weighted by atomic mass is 19.2. The van der Waals surface area contributed by atoms with Gasteiger partial charge in [0, 0.05) is 0 Å². The van der Waals surface area contributed by atoms with Gasteiger partial charge in [0.05, 0.1) is 0 Å². The monoisotopic (exact) mass is 430 g/mol. The Bertz CT molecular complexity index is 737. The van der Waals surface area contributed by atoms with Gasteiger partial charge in [-0.15, -0.1) is 0 Å². The summed E-state index contributed by atoms with van der Waals surface area (Å²) in [7, 11) is 0. The molecule has 0 bridgehead atoms. The third-order valence-electron chi connectivity index (χ3n) is 8.71. The summed E-state index contributed by atoms with van der Waals surface area (Å²) in [4.78, 5) is 0. The lowest BCUT2D eigenvalue weighted by molar-refractivity contribution is 0.108. The van der Waals surface area contributed by atoms with Gasteiger partial charge in [-0.3, -0.25) is 0 Å². The predicted octanol–water partition coefficient (Wildman–Crippen LogP) is 8.44. The zero-order valence-electron chi connectivity index (χ0n) is 19.3. The number of hydrogen-bond acceptors (Lipinski definition) is 1. The van der Waals surface area contributed by atoms with E-state index in [4.69, 9.17) is 4.74 Å². The molecular formula is C28H40F2O. The Balaban J connectivity index is 1.29. The molecule has 0 heterocycles. The summed E-state index contributed by atoms with van der Waals surface area (Å²) in [6.45, 7) is 6.15. The predicted molar refractivity (Wildman–Crippen MR) is 123 cm³/mol. The van der Waals surface area contributed by atoms with Crippen LogP contribution in [0.2, 0.25) is 0 Å². The van der Waals surface area contributed by atoms with Crippen LogP contribution in [0.15, 0.2) is 24.8 Å². The molecule has 1 aromatic rings. The lowest BCUT2D eigenvalue weighted by Crippen LogP contribution is -2.31. The van der Waals surface area contributed by atoms with Gasteiger partial charge in [-0.25, -0.2) is 4.39 Å². The number of hydrogen-bond donors (Lipinski definition) is 0. The van der Waals surface area contributed by atoms with Crippen molar-refractivity contribution >= 4 is 0 Å². The van der Waals surface area contributed by atoms with Crippen LogP contribution in [0.5, 0.6) is 5.75 Å². The summed E-state index contributed by atoms with van der Waals surface area (Å²) in [6.07, 6.45) is 17.3. The molecule has 172 valence electrons. The van der Waals surface area contributed by atoms with E-state index in [1.54, 1.807) is 18.2 Å². The molecule has 31 heavy (non-hydrogen) atoms. The van der Waals surface area contributed by atoms with Crippen molar-refractivity contribution in [3.05, 3.63) is 42.0 Å². The second kappa shape index (κ2) is 10.5. The summed E-state index contributed by atoms with van der Waals surface area (Å²) >= 11 is 0. The van der Waals surface area contributed by atoms with E-state index in [2.05, 4.69) is 13.5 Å². The average Bonchev–Trinajstić information content (AvgIpc) is 2.79. The number of fused-ring (bicyclic) bond motifs is 1. The third kappa shape index (κ3) is 5.52. The molecule has 0 aliphatic heterocycles. The Morgan fingerprint density at radius 3 is 2.32 bits per heavy atom. The first-order chi connectivity index (χ1) is 15.0. The quantitative estimate of drug-likeness (QED) is 0.394. The average molecular weight is 431 g/mol. The lowest BCUT2D eigenvalue weighted by atomic mass is 9.63. The molecule has 4 atom stereocenters. The fourth-order valence-electron chi connectivity index (χ4n) is 6.74. The molecule has 3 fully saturated rings. The van der Waals surface area contributed by atoms with Gasteiger partial charge >= 0.3 is 0 Å². The second-order valence-electron chi connectivity index (χ2n) is 10.8. The van der Waals surface area contributed by atoms with Crippen molar-refractivity contribution in [3.8, 4) is 5.75 Å². The molecule has 1 aromatic carbocycles. The van der Waals surface area contributed by atoms with Gasteiger partial charge in [0.2, 0.25) is 5.82 Å². The molecule has 0 saturated heterocycles. The van der Waals surface area contributed by atoms with Crippen molar-refractivity contribution in [2.45, 2.75) is 89.9 Å². The van der Waals surface area contributed by atoms with Crippen LogP contribution in [-0.4, -0.2) is 6.61 Å². The van der Waals surface area contributed by atoms with E-state index in [0.717, 1.165) is 36.5 Å². The first-order valence-corrected chi connectivity index (χ1v) is 12.8. The van der Waals surface area contributed by atoms with Gasteiger partial charge in [0.25, 0.3) is 0 Å². The van der Waals surface area contributed by atoms with Crippen molar-refractivity contribution < 1.29 is 13.5 Å². The maximum Gasteiger partial charge on any atom is 0.200 e. The van der Waals surface area contributed by atoms with E-state index in [-0.39, 0.29) is 18.3 Å². The molecule has 1 nitrogen and oxygen atoms in total. The van der Waals surface area contributed by atoms with Crippen molar-refractivity contribution in [1.82, 2.24) is 0 Å². The Kier molecular flexibility index (Phi) is 7.72. The topological polar surface area (TPSA) is 9.23 Å². The molecule has 3 aliphatic rings. The first-order valence-electron chi connectivity index (χ1n) is 12.8. The van der Waals surface area contributed by atoms with Crippen LogP contribution in [0.25, 0.3) is 0 Å². The van der Waals surface area contributed by atoms with E-state index >= 15 is 0 Å². The van der Waals surface area contributed by atoms with E-state index in [9.17, 15) is 8.78 Å². The highest BCUT2D eigenvalue weighted by Gasteiger charge is 2.37. The van der Waals surface area contributed by atoms with E-state index in [1.165, 1.54) is 64.2 Å². The number of rotatable bonds is 7. The Labute approximate surface area is 187 Å². The largest absolute Gasteiger partial charge is 0.486 e. The minimum atomic E-state index is -0.845. The van der Waals surface area contributed by atoms with Crippen LogP contribution >= 0.6 is 0 Å². The number of benzene rings is 1. The Hall–Kier alpha value is -1.38. The van der Waals surface area contributed by atoms with Crippen LogP contribution in [0.3, 0.4) is 0 Å². The maximum atomic E-state index is 14.8. The molecule has 3 aliphatic carbocycles. The molecule has 4 rings (SSSR count). The molecule has 3 saturated carbocycles. The molecular weight excluding hydrogens is 390 g/mol. The van der Waals surface area contributed by atoms with Crippen molar-refractivity contribution in [3.63, 3.8) is 0 Å². The summed E-state index contributed by atoms with van der Waals surface area (Å²) < 4.78 is 34.5. The number of ether oxygens (including phenoxy) is 1. The van der Waals surface area contributed by atoms with Gasteiger partial charge in [-0.2, -0.15) is 4.39 Å². The highest BCUT2D eigenvalue weighted by Crippen LogP contribution is 2.49. The normalized spacial score (nSPS) is 33.5. The summed E-state index contributed by atoms with van der Waals surface area (Å²) in [5.41, 5.74) is 0.551. The minimum absolute atomic E-state index is 0.0113. The maximum absolute atomic E-state index is 14.8. The number of halogens is 2. The van der Waals surface area contributed by atoms with Crippen LogP contribution in [0.4, 0.5) is 8.78 Å². The fraction of sp³-hybridized carbons (Fsp3) is 0.714. The van der Waals surface area contributed by atoms with Gasteiger partial charge in [-0.1, -0.05) is 70.6 Å². The highest BCUT2D eigenvalue weighted by molar-refractivity contribution is 5.33. The van der Waals surface area contributed by atoms with Crippen LogP contribution in [-0.2, 0) is 0 Å². The Morgan fingerprint density at radius 2 is 1.55 bits per heavy atom. The lowest BCUT2D eigenvalue weighted by Gasteiger charge is -2.43. The van der Waals surface area contributed by atoms with Crippen LogP contribution < -0.4 is 4.74 Å². The smallest absolute Gasteiger partial charge is 0.200 e. The zero-order chi connectivity index (χ0) is 21.8. The molecule has 0 amide bonds. The first kappa shape index (κ1) is 22.8. The molecule has 4 unspecified atom stereocenters. The van der Waals surface area contributed by atoms with Crippen molar-refractivity contribution in [2.24, 2.45) is 29.6 Å². The van der Waals surface area contributed by atoms with Gasteiger partial charge in [0.1, 0.15) is 6.61 Å². The van der Waals surface area contributed by atoms with Gasteiger partial charge in [0.15, 0.2) is 11.6 Å². The summed E-state index contributed by atoms with van der Waals surface area (Å²) in [5.74, 6) is 2.87. The Morgan fingerprint density at radius 1 is 0.871 bits per heavy atom. The molecule has 0 N–H and O–H groups in total. The summed E-state index contributed by atoms with van der Waals surface area (Å²) in [5, 5.41) is 0. The van der Waals surface area contributed by atoms with Crippen LogP contribution in [0, 0.1) is 41.2 Å². The van der Waals surface area contributed by atoms with Gasteiger partial charge in [-0.05, 0) is 79.2 Å². The SMILES string of the molecule is C=CCOc1ccc(C2CCC3CC(CCC4CCC(C)CC4)CCC3C2)c(F)c1F. The van der Waals surface area contributed by atoms with Crippen molar-refractivity contribution in [2.75, 3.05) is 6.61 Å². The molecule has 3 heteroatoms. The minimum Gasteiger partial charge on any atom is -0.486 e. The van der Waals surface area contributed by atoms with E-state index < -0.39 is 11.6 Å². The molecule has 0 spiro atoms. The van der Waals surface area contributed by atoms with Crippen molar-refractivity contribution in [1.29, 1.82) is 0 Å².